The molecule has 21 heavy (non-hydrogen) atoms. The Balaban J connectivity index is 1.90. The molecule has 2 aromatic rings. The quantitative estimate of drug-likeness (QED) is 0.831. The molecular weight excluding hydrogens is 290 g/mol. The molecule has 0 radical (unpaired) electrons. The van der Waals surface area contributed by atoms with Crippen molar-refractivity contribution in [3.8, 4) is 5.75 Å². The smallest absolute Gasteiger partial charge is 0.253 e. The second kappa shape index (κ2) is 6.95. The van der Waals surface area contributed by atoms with E-state index in [1.54, 1.807) is 7.11 Å². The predicted octanol–water partition coefficient (Wildman–Crippen LogP) is 2.30. The number of rotatable bonds is 5. The summed E-state index contributed by atoms with van der Waals surface area (Å²) in [4.78, 5) is 15.8. The van der Waals surface area contributed by atoms with Gasteiger partial charge >= 0.3 is 0 Å². The molecule has 3 N–H and O–H groups in total. The number of carbonyl (C=O) groups excluding carboxylic acids is 1. The lowest BCUT2D eigenvalue weighted by atomic mass is 10.1. The number of hydrogen-bond acceptors (Lipinski definition) is 4. The minimum atomic E-state index is -0.259. The van der Waals surface area contributed by atoms with Crippen LogP contribution in [0.5, 0.6) is 5.75 Å². The highest BCUT2D eigenvalue weighted by Crippen LogP contribution is 2.15. The molecule has 0 aliphatic heterocycles. The maximum absolute atomic E-state index is 12.0. The van der Waals surface area contributed by atoms with Crippen LogP contribution in [-0.4, -0.2) is 24.5 Å². The maximum atomic E-state index is 12.0. The molecule has 6 heteroatoms. The molecule has 0 bridgehead atoms. The number of halogens is 1. The molecule has 1 heterocycles. The van der Waals surface area contributed by atoms with Crippen LogP contribution in [0.4, 0.5) is 5.69 Å². The summed E-state index contributed by atoms with van der Waals surface area (Å²) in [6, 6.07) is 9.15. The Hall–Kier alpha value is -2.27. The SMILES string of the molecule is COc1ccc(CCNC(=O)c2cc(Cl)ncc2N)cc1. The van der Waals surface area contributed by atoms with Crippen LogP contribution < -0.4 is 15.8 Å². The van der Waals surface area contributed by atoms with E-state index in [1.165, 1.54) is 12.3 Å². The van der Waals surface area contributed by atoms with E-state index in [-0.39, 0.29) is 11.1 Å². The number of benzene rings is 1. The number of amides is 1. The van der Waals surface area contributed by atoms with Gasteiger partial charge in [0, 0.05) is 6.54 Å². The summed E-state index contributed by atoms with van der Waals surface area (Å²) in [5.41, 5.74) is 7.46. The monoisotopic (exact) mass is 305 g/mol. The van der Waals surface area contributed by atoms with E-state index in [4.69, 9.17) is 22.1 Å². The Morgan fingerprint density at radius 3 is 2.76 bits per heavy atom. The zero-order chi connectivity index (χ0) is 15.2. The van der Waals surface area contributed by atoms with E-state index < -0.39 is 0 Å². The maximum Gasteiger partial charge on any atom is 0.253 e. The van der Waals surface area contributed by atoms with Crippen LogP contribution in [0, 0.1) is 0 Å². The van der Waals surface area contributed by atoms with E-state index in [0.29, 0.717) is 24.2 Å². The summed E-state index contributed by atoms with van der Waals surface area (Å²) in [5.74, 6) is 0.548. The molecule has 1 amide bonds. The molecule has 110 valence electrons. The van der Waals surface area contributed by atoms with Crippen molar-refractivity contribution in [3.63, 3.8) is 0 Å². The van der Waals surface area contributed by atoms with Crippen molar-refractivity contribution in [3.05, 3.63) is 52.8 Å². The molecule has 0 saturated heterocycles. The Bertz CT molecular complexity index is 629. The lowest BCUT2D eigenvalue weighted by molar-refractivity contribution is 0.0955. The summed E-state index contributed by atoms with van der Waals surface area (Å²) < 4.78 is 5.09. The van der Waals surface area contributed by atoms with E-state index >= 15 is 0 Å². The molecule has 2 rings (SSSR count). The van der Waals surface area contributed by atoms with Gasteiger partial charge in [0.1, 0.15) is 10.9 Å². The summed E-state index contributed by atoms with van der Waals surface area (Å²) in [6.45, 7) is 0.505. The minimum Gasteiger partial charge on any atom is -0.497 e. The van der Waals surface area contributed by atoms with Crippen LogP contribution in [0.1, 0.15) is 15.9 Å². The number of ether oxygens (including phenoxy) is 1. The predicted molar refractivity (Wildman–Crippen MR) is 82.7 cm³/mol. The first kappa shape index (κ1) is 15.1. The topological polar surface area (TPSA) is 77.2 Å². The molecule has 0 aliphatic carbocycles. The van der Waals surface area contributed by atoms with Crippen molar-refractivity contribution in [1.29, 1.82) is 0 Å². The van der Waals surface area contributed by atoms with Gasteiger partial charge in [0.05, 0.1) is 24.6 Å². The first-order valence-corrected chi connectivity index (χ1v) is 6.80. The summed E-state index contributed by atoms with van der Waals surface area (Å²) in [7, 11) is 1.62. The Labute approximate surface area is 128 Å². The summed E-state index contributed by atoms with van der Waals surface area (Å²) in [5, 5.41) is 3.05. The molecule has 0 unspecified atom stereocenters. The fourth-order valence-corrected chi connectivity index (χ4v) is 2.00. The molecule has 0 saturated carbocycles. The zero-order valence-corrected chi connectivity index (χ0v) is 12.4. The number of nitrogens with one attached hydrogen (secondary N) is 1. The highest BCUT2D eigenvalue weighted by atomic mass is 35.5. The van der Waals surface area contributed by atoms with E-state index in [2.05, 4.69) is 10.3 Å². The molecule has 0 aliphatic rings. The number of pyridine rings is 1. The normalized spacial score (nSPS) is 10.2. The third-order valence-electron chi connectivity index (χ3n) is 3.00. The Kier molecular flexibility index (Phi) is 5.00. The van der Waals surface area contributed by atoms with Crippen LogP contribution in [0.3, 0.4) is 0 Å². The number of anilines is 1. The number of carbonyl (C=O) groups is 1. The van der Waals surface area contributed by atoms with Gasteiger partial charge < -0.3 is 15.8 Å². The first-order chi connectivity index (χ1) is 10.1. The van der Waals surface area contributed by atoms with Crippen LogP contribution in [0.2, 0.25) is 5.15 Å². The number of aromatic nitrogens is 1. The van der Waals surface area contributed by atoms with Crippen LogP contribution in [0.15, 0.2) is 36.5 Å². The highest BCUT2D eigenvalue weighted by molar-refractivity contribution is 6.29. The second-order valence-corrected chi connectivity index (χ2v) is 4.84. The van der Waals surface area contributed by atoms with Crippen LogP contribution in [-0.2, 0) is 6.42 Å². The first-order valence-electron chi connectivity index (χ1n) is 6.42. The highest BCUT2D eigenvalue weighted by Gasteiger charge is 2.10. The largest absolute Gasteiger partial charge is 0.497 e. The fraction of sp³-hybridized carbons (Fsp3) is 0.200. The lowest BCUT2D eigenvalue weighted by Crippen LogP contribution is -2.26. The van der Waals surface area contributed by atoms with Crippen molar-refractivity contribution >= 4 is 23.2 Å². The van der Waals surface area contributed by atoms with Gasteiger partial charge in [-0.2, -0.15) is 0 Å². The van der Waals surface area contributed by atoms with Gasteiger partial charge in [-0.1, -0.05) is 23.7 Å². The molecule has 0 spiro atoms. The Morgan fingerprint density at radius 2 is 2.10 bits per heavy atom. The molecule has 0 atom stereocenters. The third-order valence-corrected chi connectivity index (χ3v) is 3.21. The third kappa shape index (κ3) is 4.10. The van der Waals surface area contributed by atoms with Crippen molar-refractivity contribution in [2.24, 2.45) is 0 Å². The van der Waals surface area contributed by atoms with Crippen molar-refractivity contribution < 1.29 is 9.53 Å². The van der Waals surface area contributed by atoms with Crippen molar-refractivity contribution in [1.82, 2.24) is 10.3 Å². The van der Waals surface area contributed by atoms with E-state index in [1.807, 2.05) is 24.3 Å². The molecule has 0 fully saturated rings. The number of nitrogen functional groups attached to an aromatic ring is 1. The van der Waals surface area contributed by atoms with Gasteiger partial charge in [-0.15, -0.1) is 0 Å². The summed E-state index contributed by atoms with van der Waals surface area (Å²) >= 11 is 5.76. The molecular formula is C15H16ClN3O2. The van der Waals surface area contributed by atoms with Gasteiger partial charge in [0.25, 0.3) is 5.91 Å². The number of nitrogens with zero attached hydrogens (tertiary/aromatic N) is 1. The van der Waals surface area contributed by atoms with Crippen LogP contribution in [0.25, 0.3) is 0 Å². The summed E-state index contributed by atoms with van der Waals surface area (Å²) in [6.07, 6.45) is 2.09. The minimum absolute atomic E-state index is 0.240. The van der Waals surface area contributed by atoms with E-state index in [9.17, 15) is 4.79 Å². The van der Waals surface area contributed by atoms with Gasteiger partial charge in [0.2, 0.25) is 0 Å². The number of methoxy groups -OCH3 is 1. The van der Waals surface area contributed by atoms with Crippen LogP contribution >= 0.6 is 11.6 Å². The van der Waals surface area contributed by atoms with Gasteiger partial charge in [0.15, 0.2) is 0 Å². The van der Waals surface area contributed by atoms with Gasteiger partial charge in [-0.05, 0) is 30.2 Å². The average Bonchev–Trinajstić information content (AvgIpc) is 2.50. The van der Waals surface area contributed by atoms with Gasteiger partial charge in [-0.3, -0.25) is 4.79 Å². The lowest BCUT2D eigenvalue weighted by Gasteiger charge is -2.08. The zero-order valence-electron chi connectivity index (χ0n) is 11.6. The van der Waals surface area contributed by atoms with Crippen molar-refractivity contribution in [2.75, 3.05) is 19.4 Å². The number of nitrogens with two attached hydrogens (primary N) is 1. The van der Waals surface area contributed by atoms with E-state index in [0.717, 1.165) is 11.3 Å². The Morgan fingerprint density at radius 1 is 1.38 bits per heavy atom. The standard InChI is InChI=1S/C15H16ClN3O2/c1-21-11-4-2-10(3-5-11)6-7-18-15(20)12-8-14(16)19-9-13(12)17/h2-5,8-9H,6-7,17H2,1H3,(H,18,20). The fourth-order valence-electron chi connectivity index (χ4n) is 1.84. The van der Waals surface area contributed by atoms with Crippen molar-refractivity contribution in [2.45, 2.75) is 6.42 Å². The molecule has 5 nitrogen and oxygen atoms in total. The second-order valence-electron chi connectivity index (χ2n) is 4.45. The average molecular weight is 306 g/mol. The molecule has 1 aromatic heterocycles. The van der Waals surface area contributed by atoms with Gasteiger partial charge in [-0.25, -0.2) is 4.98 Å². The molecule has 1 aromatic carbocycles. The number of hydrogen-bond donors (Lipinski definition) is 2.